The minimum atomic E-state index is 0.271. The summed E-state index contributed by atoms with van der Waals surface area (Å²) in [6.07, 6.45) is 2.83. The molecule has 0 aliphatic heterocycles. The van der Waals surface area contributed by atoms with E-state index in [2.05, 4.69) is 22.4 Å². The van der Waals surface area contributed by atoms with Crippen LogP contribution in [0.3, 0.4) is 0 Å². The first-order valence-corrected chi connectivity index (χ1v) is 6.99. The van der Waals surface area contributed by atoms with Crippen LogP contribution >= 0.6 is 11.6 Å². The van der Waals surface area contributed by atoms with Gasteiger partial charge in [0.05, 0.1) is 5.52 Å². The molecule has 0 spiro atoms. The van der Waals surface area contributed by atoms with Gasteiger partial charge in [0.25, 0.3) is 0 Å². The number of benzene rings is 1. The van der Waals surface area contributed by atoms with Gasteiger partial charge in [0.15, 0.2) is 0 Å². The van der Waals surface area contributed by atoms with E-state index < -0.39 is 0 Å². The maximum atomic E-state index is 5.93. The molecular formula is C15H19ClN2O. The van der Waals surface area contributed by atoms with E-state index in [0.29, 0.717) is 5.88 Å². The lowest BCUT2D eigenvalue weighted by Crippen LogP contribution is -2.31. The zero-order valence-electron chi connectivity index (χ0n) is 11.1. The number of nitrogens with zero attached hydrogens (tertiary/aromatic N) is 1. The van der Waals surface area contributed by atoms with Gasteiger partial charge in [-0.15, -0.1) is 11.6 Å². The third-order valence-electron chi connectivity index (χ3n) is 3.10. The Kier molecular flexibility index (Phi) is 5.58. The molecule has 19 heavy (non-hydrogen) atoms. The minimum Gasteiger partial charge on any atom is -0.385 e. The maximum absolute atomic E-state index is 5.93. The predicted molar refractivity (Wildman–Crippen MR) is 79.6 cm³/mol. The number of fused-ring (bicyclic) bond motifs is 1. The lowest BCUT2D eigenvalue weighted by atomic mass is 10.1. The van der Waals surface area contributed by atoms with E-state index in [0.717, 1.165) is 25.1 Å². The van der Waals surface area contributed by atoms with E-state index in [4.69, 9.17) is 16.3 Å². The zero-order valence-corrected chi connectivity index (χ0v) is 11.9. The van der Waals surface area contributed by atoms with Crippen LogP contribution in [-0.4, -0.2) is 30.6 Å². The first-order chi connectivity index (χ1) is 9.33. The summed E-state index contributed by atoms with van der Waals surface area (Å²) in [5.41, 5.74) is 2.20. The molecule has 1 heterocycles. The summed E-state index contributed by atoms with van der Waals surface area (Å²) >= 11 is 5.93. The number of aromatic nitrogens is 1. The van der Waals surface area contributed by atoms with Crippen LogP contribution in [0.5, 0.6) is 0 Å². The van der Waals surface area contributed by atoms with E-state index in [1.165, 1.54) is 10.9 Å². The number of para-hydroxylation sites is 1. The van der Waals surface area contributed by atoms with Crippen LogP contribution in [0.15, 0.2) is 36.5 Å². The summed E-state index contributed by atoms with van der Waals surface area (Å²) in [6, 6.07) is 10.6. The Morgan fingerprint density at radius 3 is 3.00 bits per heavy atom. The van der Waals surface area contributed by atoms with Gasteiger partial charge in [-0.1, -0.05) is 18.2 Å². The number of hydrogen-bond acceptors (Lipinski definition) is 3. The normalized spacial score (nSPS) is 12.7. The third-order valence-corrected chi connectivity index (χ3v) is 3.47. The van der Waals surface area contributed by atoms with Gasteiger partial charge in [-0.2, -0.15) is 0 Å². The van der Waals surface area contributed by atoms with Crippen molar-refractivity contribution < 1.29 is 4.74 Å². The molecule has 2 aromatic rings. The van der Waals surface area contributed by atoms with E-state index in [1.54, 1.807) is 7.11 Å². The predicted octanol–water partition coefficient (Wildman–Crippen LogP) is 2.97. The second-order valence-electron chi connectivity index (χ2n) is 4.55. The molecule has 0 amide bonds. The Bertz CT molecular complexity index is 518. The van der Waals surface area contributed by atoms with Crippen molar-refractivity contribution in [1.29, 1.82) is 0 Å². The average Bonchev–Trinajstić information content (AvgIpc) is 2.47. The highest BCUT2D eigenvalue weighted by Gasteiger charge is 2.06. The average molecular weight is 279 g/mol. The van der Waals surface area contributed by atoms with Gasteiger partial charge in [-0.3, -0.25) is 4.98 Å². The summed E-state index contributed by atoms with van der Waals surface area (Å²) < 4.78 is 5.07. The summed E-state index contributed by atoms with van der Waals surface area (Å²) in [6.45, 7) is 1.50. The monoisotopic (exact) mass is 278 g/mol. The number of halogens is 1. The van der Waals surface area contributed by atoms with Crippen molar-refractivity contribution in [3.8, 4) is 0 Å². The number of pyridine rings is 1. The summed E-state index contributed by atoms with van der Waals surface area (Å²) in [4.78, 5) is 4.45. The molecule has 0 bridgehead atoms. The number of methoxy groups -OCH3 is 1. The van der Waals surface area contributed by atoms with Crippen molar-refractivity contribution >= 4 is 22.5 Å². The van der Waals surface area contributed by atoms with Crippen LogP contribution in [0, 0.1) is 0 Å². The van der Waals surface area contributed by atoms with Crippen LogP contribution in [0.1, 0.15) is 12.0 Å². The van der Waals surface area contributed by atoms with E-state index >= 15 is 0 Å². The molecular weight excluding hydrogens is 260 g/mol. The van der Waals surface area contributed by atoms with Crippen LogP contribution in [0.2, 0.25) is 0 Å². The molecule has 0 fully saturated rings. The summed E-state index contributed by atoms with van der Waals surface area (Å²) in [7, 11) is 1.71. The van der Waals surface area contributed by atoms with Crippen molar-refractivity contribution in [3.63, 3.8) is 0 Å². The molecule has 1 atom stereocenters. The number of rotatable bonds is 7. The fourth-order valence-corrected chi connectivity index (χ4v) is 2.23. The largest absolute Gasteiger partial charge is 0.385 e. The lowest BCUT2D eigenvalue weighted by molar-refractivity contribution is 0.185. The molecule has 1 aromatic carbocycles. The van der Waals surface area contributed by atoms with E-state index in [9.17, 15) is 0 Å². The standard InChI is InChI=1S/C15H19ClN2O/c1-19-7-6-14(9-16)17-10-12-8-13-4-2-3-5-15(13)18-11-12/h2-5,8,11,14,17H,6-7,9-10H2,1H3. The van der Waals surface area contributed by atoms with E-state index in [1.807, 2.05) is 24.4 Å². The van der Waals surface area contributed by atoms with Gasteiger partial charge in [0.2, 0.25) is 0 Å². The van der Waals surface area contributed by atoms with Crippen molar-refractivity contribution in [2.75, 3.05) is 19.6 Å². The van der Waals surface area contributed by atoms with Crippen LogP contribution in [0.25, 0.3) is 10.9 Å². The van der Waals surface area contributed by atoms with Gasteiger partial charge in [0, 0.05) is 43.8 Å². The molecule has 102 valence electrons. The Morgan fingerprint density at radius 1 is 1.37 bits per heavy atom. The second-order valence-corrected chi connectivity index (χ2v) is 4.86. The Morgan fingerprint density at radius 2 is 2.21 bits per heavy atom. The van der Waals surface area contributed by atoms with E-state index in [-0.39, 0.29) is 6.04 Å². The summed E-state index contributed by atoms with van der Waals surface area (Å²) in [5, 5.41) is 4.60. The molecule has 0 aliphatic carbocycles. The third kappa shape index (κ3) is 4.16. The highest BCUT2D eigenvalue weighted by Crippen LogP contribution is 2.12. The SMILES string of the molecule is COCCC(CCl)NCc1cnc2ccccc2c1. The fraction of sp³-hybridized carbons (Fsp3) is 0.400. The lowest BCUT2D eigenvalue weighted by Gasteiger charge is -2.15. The molecule has 3 nitrogen and oxygen atoms in total. The molecule has 2 rings (SSSR count). The maximum Gasteiger partial charge on any atom is 0.0702 e. The highest BCUT2D eigenvalue weighted by molar-refractivity contribution is 6.18. The zero-order chi connectivity index (χ0) is 13.5. The van der Waals surface area contributed by atoms with Crippen LogP contribution in [-0.2, 0) is 11.3 Å². The fourth-order valence-electron chi connectivity index (χ4n) is 1.97. The van der Waals surface area contributed by atoms with Gasteiger partial charge >= 0.3 is 0 Å². The summed E-state index contributed by atoms with van der Waals surface area (Å²) in [5.74, 6) is 0.588. The molecule has 1 N–H and O–H groups in total. The van der Waals surface area contributed by atoms with Crippen molar-refractivity contribution in [3.05, 3.63) is 42.1 Å². The molecule has 1 unspecified atom stereocenters. The number of nitrogens with one attached hydrogen (secondary N) is 1. The Hall–Kier alpha value is -1.16. The quantitative estimate of drug-likeness (QED) is 0.791. The van der Waals surface area contributed by atoms with Gasteiger partial charge in [-0.05, 0) is 24.1 Å². The van der Waals surface area contributed by atoms with Gasteiger partial charge < -0.3 is 10.1 Å². The molecule has 0 saturated carbocycles. The van der Waals surface area contributed by atoms with Crippen molar-refractivity contribution in [2.45, 2.75) is 19.0 Å². The van der Waals surface area contributed by atoms with Crippen LogP contribution < -0.4 is 5.32 Å². The second kappa shape index (κ2) is 7.43. The Balaban J connectivity index is 1.96. The van der Waals surface area contributed by atoms with Gasteiger partial charge in [-0.25, -0.2) is 0 Å². The number of alkyl halides is 1. The Labute approximate surface area is 118 Å². The minimum absolute atomic E-state index is 0.271. The highest BCUT2D eigenvalue weighted by atomic mass is 35.5. The first-order valence-electron chi connectivity index (χ1n) is 6.45. The van der Waals surface area contributed by atoms with Crippen LogP contribution in [0.4, 0.5) is 0 Å². The molecule has 1 aromatic heterocycles. The van der Waals surface area contributed by atoms with Crippen molar-refractivity contribution in [2.24, 2.45) is 0 Å². The topological polar surface area (TPSA) is 34.1 Å². The number of ether oxygens (including phenoxy) is 1. The van der Waals surface area contributed by atoms with Crippen molar-refractivity contribution in [1.82, 2.24) is 10.3 Å². The smallest absolute Gasteiger partial charge is 0.0702 e. The van der Waals surface area contributed by atoms with Gasteiger partial charge in [0.1, 0.15) is 0 Å². The first kappa shape index (κ1) is 14.3. The molecule has 4 heteroatoms. The number of hydrogen-bond donors (Lipinski definition) is 1. The molecule has 0 saturated heterocycles. The molecule has 0 aliphatic rings. The molecule has 0 radical (unpaired) electrons.